The first-order valence-corrected chi connectivity index (χ1v) is 3.07. The van der Waals surface area contributed by atoms with E-state index in [1.807, 2.05) is 30.3 Å². The van der Waals surface area contributed by atoms with Crippen LogP contribution in [0.25, 0.3) is 0 Å². The van der Waals surface area contributed by atoms with Gasteiger partial charge in [0.05, 0.1) is 6.61 Å². The summed E-state index contributed by atoms with van der Waals surface area (Å²) in [5.74, 6) is 0.747. The highest BCUT2D eigenvalue weighted by Gasteiger charge is 1.87. The third-order valence-corrected chi connectivity index (χ3v) is 1.04. The minimum absolute atomic E-state index is 0.0606. The van der Waals surface area contributed by atoms with Gasteiger partial charge in [-0.25, -0.2) is 0 Å². The average molecular weight is 137 g/mol. The van der Waals surface area contributed by atoms with Gasteiger partial charge in [-0.1, -0.05) is 18.2 Å². The van der Waals surface area contributed by atoms with Crippen LogP contribution in [-0.4, -0.2) is 11.7 Å². The molecule has 2 heteroatoms. The Kier molecular flexibility index (Phi) is 2.77. The van der Waals surface area contributed by atoms with E-state index >= 15 is 0 Å². The van der Waals surface area contributed by atoms with E-state index in [-0.39, 0.29) is 6.61 Å². The van der Waals surface area contributed by atoms with Crippen LogP contribution in [-0.2, 0) is 0 Å². The first-order chi connectivity index (χ1) is 4.93. The zero-order valence-corrected chi connectivity index (χ0v) is 5.53. The quantitative estimate of drug-likeness (QED) is 0.678. The molecule has 0 aliphatic heterocycles. The van der Waals surface area contributed by atoms with Crippen LogP contribution in [0.3, 0.4) is 0 Å². The Morgan fingerprint density at radius 2 is 2.00 bits per heavy atom. The summed E-state index contributed by atoms with van der Waals surface area (Å²) in [6.07, 6.45) is 0. The summed E-state index contributed by atoms with van der Waals surface area (Å²) in [7, 11) is 0. The van der Waals surface area contributed by atoms with Gasteiger partial charge >= 0.3 is 0 Å². The summed E-state index contributed by atoms with van der Waals surface area (Å²) in [5.41, 5.74) is 0. The first-order valence-electron chi connectivity index (χ1n) is 3.07. The maximum absolute atomic E-state index is 8.35. The van der Waals surface area contributed by atoms with Crippen molar-refractivity contribution in [2.24, 2.45) is 0 Å². The van der Waals surface area contributed by atoms with Gasteiger partial charge in [-0.2, -0.15) is 0 Å². The second-order valence-corrected chi connectivity index (χ2v) is 1.78. The molecule has 0 fully saturated rings. The summed E-state index contributed by atoms with van der Waals surface area (Å²) < 4.78 is 4.98. The van der Waals surface area contributed by atoms with Crippen LogP contribution in [0, 0.1) is 6.61 Å². The highest BCUT2D eigenvalue weighted by Crippen LogP contribution is 2.08. The van der Waals surface area contributed by atoms with Crippen molar-refractivity contribution in [2.75, 3.05) is 6.61 Å². The molecule has 53 valence electrons. The van der Waals surface area contributed by atoms with E-state index in [9.17, 15) is 0 Å². The Balaban J connectivity index is 2.43. The van der Waals surface area contributed by atoms with E-state index in [2.05, 4.69) is 0 Å². The second-order valence-electron chi connectivity index (χ2n) is 1.78. The normalized spacial score (nSPS) is 9.30. The van der Waals surface area contributed by atoms with Crippen molar-refractivity contribution in [1.29, 1.82) is 0 Å². The van der Waals surface area contributed by atoms with Crippen molar-refractivity contribution in [3.05, 3.63) is 36.9 Å². The molecule has 0 atom stereocenters. The van der Waals surface area contributed by atoms with E-state index in [0.717, 1.165) is 5.75 Å². The Labute approximate surface area is 60.1 Å². The molecule has 10 heavy (non-hydrogen) atoms. The van der Waals surface area contributed by atoms with E-state index < -0.39 is 0 Å². The van der Waals surface area contributed by atoms with Crippen LogP contribution >= 0.6 is 0 Å². The Morgan fingerprint density at radius 3 is 2.60 bits per heavy atom. The molecule has 0 amide bonds. The maximum atomic E-state index is 8.35. The van der Waals surface area contributed by atoms with Gasteiger partial charge in [0.1, 0.15) is 5.75 Å². The Hall–Kier alpha value is -1.02. The zero-order valence-electron chi connectivity index (χ0n) is 5.53. The summed E-state index contributed by atoms with van der Waals surface area (Å²) in [6, 6.07) is 9.31. The zero-order chi connectivity index (χ0) is 7.23. The monoisotopic (exact) mass is 137 g/mol. The molecule has 0 aromatic heterocycles. The van der Waals surface area contributed by atoms with Gasteiger partial charge in [0.2, 0.25) is 0 Å². The molecular weight excluding hydrogens is 128 g/mol. The molecular formula is C8H9O2. The fourth-order valence-corrected chi connectivity index (χ4v) is 0.633. The number of rotatable bonds is 3. The average Bonchev–Trinajstić information content (AvgIpc) is 2.03. The van der Waals surface area contributed by atoms with Crippen molar-refractivity contribution in [3.8, 4) is 5.75 Å². The third kappa shape index (κ3) is 2.07. The lowest BCUT2D eigenvalue weighted by Crippen LogP contribution is -1.93. The van der Waals surface area contributed by atoms with Gasteiger partial charge in [-0.3, -0.25) is 0 Å². The predicted molar refractivity (Wildman–Crippen MR) is 38.5 cm³/mol. The Morgan fingerprint density at radius 1 is 1.30 bits per heavy atom. The number of ether oxygens (including phenoxy) is 1. The number of hydrogen-bond acceptors (Lipinski definition) is 2. The molecule has 0 saturated heterocycles. The van der Waals surface area contributed by atoms with E-state index in [1.54, 1.807) is 0 Å². The van der Waals surface area contributed by atoms with Crippen LogP contribution in [0.5, 0.6) is 5.75 Å². The lowest BCUT2D eigenvalue weighted by molar-refractivity contribution is 0.254. The van der Waals surface area contributed by atoms with Crippen molar-refractivity contribution < 1.29 is 9.84 Å². The van der Waals surface area contributed by atoms with Crippen LogP contribution in [0.1, 0.15) is 0 Å². The van der Waals surface area contributed by atoms with E-state index in [1.165, 1.54) is 6.61 Å². The summed E-state index contributed by atoms with van der Waals surface area (Å²) in [6.45, 7) is 1.28. The van der Waals surface area contributed by atoms with Crippen molar-refractivity contribution >= 4 is 0 Å². The van der Waals surface area contributed by atoms with Gasteiger partial charge in [0.25, 0.3) is 0 Å². The largest absolute Gasteiger partial charge is 0.484 e. The minimum atomic E-state index is -0.0606. The molecule has 0 saturated carbocycles. The van der Waals surface area contributed by atoms with Gasteiger partial charge in [0.15, 0.2) is 6.61 Å². The van der Waals surface area contributed by atoms with Crippen LogP contribution in [0.2, 0.25) is 0 Å². The minimum Gasteiger partial charge on any atom is -0.484 e. The summed E-state index contributed by atoms with van der Waals surface area (Å²) >= 11 is 0. The van der Waals surface area contributed by atoms with Crippen LogP contribution in [0.4, 0.5) is 0 Å². The number of aliphatic hydroxyl groups is 1. The molecule has 0 unspecified atom stereocenters. The topological polar surface area (TPSA) is 29.5 Å². The van der Waals surface area contributed by atoms with E-state index in [4.69, 9.17) is 9.84 Å². The molecule has 1 radical (unpaired) electrons. The SMILES string of the molecule is OC[CH]Oc1ccccc1. The molecule has 1 aromatic rings. The molecule has 1 rings (SSSR count). The molecule has 0 heterocycles. The summed E-state index contributed by atoms with van der Waals surface area (Å²) in [5, 5.41) is 8.35. The van der Waals surface area contributed by atoms with Crippen molar-refractivity contribution in [3.63, 3.8) is 0 Å². The molecule has 0 bridgehead atoms. The number of para-hydroxylation sites is 1. The molecule has 0 aliphatic carbocycles. The maximum Gasteiger partial charge on any atom is 0.161 e. The lowest BCUT2D eigenvalue weighted by Gasteiger charge is -2.00. The summed E-state index contributed by atoms with van der Waals surface area (Å²) in [4.78, 5) is 0. The predicted octanol–water partition coefficient (Wildman–Crippen LogP) is 1.22. The first kappa shape index (κ1) is 7.09. The lowest BCUT2D eigenvalue weighted by atomic mass is 10.3. The van der Waals surface area contributed by atoms with E-state index in [0.29, 0.717) is 0 Å². The fourth-order valence-electron chi connectivity index (χ4n) is 0.633. The number of benzene rings is 1. The van der Waals surface area contributed by atoms with Crippen LogP contribution < -0.4 is 4.74 Å². The third-order valence-electron chi connectivity index (χ3n) is 1.04. The second kappa shape index (κ2) is 3.90. The molecule has 0 spiro atoms. The molecule has 0 aliphatic rings. The van der Waals surface area contributed by atoms with Gasteiger partial charge in [-0.15, -0.1) is 0 Å². The smallest absolute Gasteiger partial charge is 0.161 e. The Bertz CT molecular complexity index is 172. The molecule has 1 aromatic carbocycles. The highest BCUT2D eigenvalue weighted by molar-refractivity contribution is 5.21. The fraction of sp³-hybridized carbons (Fsp3) is 0.125. The van der Waals surface area contributed by atoms with Crippen LogP contribution in [0.15, 0.2) is 30.3 Å². The van der Waals surface area contributed by atoms with Crippen molar-refractivity contribution in [2.45, 2.75) is 0 Å². The van der Waals surface area contributed by atoms with Gasteiger partial charge in [-0.05, 0) is 12.1 Å². The number of hydrogen-bond donors (Lipinski definition) is 1. The van der Waals surface area contributed by atoms with Crippen molar-refractivity contribution in [1.82, 2.24) is 0 Å². The van der Waals surface area contributed by atoms with Gasteiger partial charge in [0, 0.05) is 0 Å². The highest BCUT2D eigenvalue weighted by atomic mass is 16.5. The molecule has 2 nitrogen and oxygen atoms in total. The van der Waals surface area contributed by atoms with Gasteiger partial charge < -0.3 is 9.84 Å². The molecule has 1 N–H and O–H groups in total. The number of aliphatic hydroxyl groups excluding tert-OH is 1. The standard InChI is InChI=1S/C8H9O2/c9-6-7-10-8-4-2-1-3-5-8/h1-5,7,9H,6H2.